The Balaban J connectivity index is 1.48. The average Bonchev–Trinajstić information content (AvgIpc) is 3.27. The van der Waals surface area contributed by atoms with Crippen molar-refractivity contribution < 1.29 is 23.8 Å². The van der Waals surface area contributed by atoms with Crippen LogP contribution in [0, 0.1) is 13.8 Å². The molecule has 3 aromatic rings. The zero-order valence-electron chi connectivity index (χ0n) is 22.5. The minimum atomic E-state index is -0.535. The number of esters is 1. The Hall–Kier alpha value is -3.80. The number of aryl methyl sites for hydroxylation is 1. The second-order valence-electron chi connectivity index (χ2n) is 10.3. The molecule has 3 aromatic carbocycles. The van der Waals surface area contributed by atoms with Gasteiger partial charge in [-0.2, -0.15) is 0 Å². The predicted molar refractivity (Wildman–Crippen MR) is 145 cm³/mol. The fraction of sp³-hybridized carbons (Fsp3) is 0.355. The van der Waals surface area contributed by atoms with Gasteiger partial charge in [-0.3, -0.25) is 9.69 Å². The summed E-state index contributed by atoms with van der Waals surface area (Å²) < 4.78 is 16.9. The van der Waals surface area contributed by atoms with Crippen molar-refractivity contribution in [2.75, 3.05) is 18.1 Å². The van der Waals surface area contributed by atoms with E-state index < -0.39 is 5.60 Å². The second-order valence-corrected chi connectivity index (χ2v) is 10.3. The van der Waals surface area contributed by atoms with Crippen LogP contribution < -0.4 is 9.64 Å². The molecule has 6 heteroatoms. The number of carbonyl (C=O) groups is 2. The number of ether oxygens (including phenoxy) is 3. The van der Waals surface area contributed by atoms with Crippen molar-refractivity contribution in [1.82, 2.24) is 0 Å². The molecule has 0 radical (unpaired) electrons. The molecule has 1 aliphatic rings. The van der Waals surface area contributed by atoms with E-state index >= 15 is 0 Å². The lowest BCUT2D eigenvalue weighted by atomic mass is 10.0. The van der Waals surface area contributed by atoms with E-state index in [1.54, 1.807) is 4.90 Å². The van der Waals surface area contributed by atoms with Gasteiger partial charge in [0, 0.05) is 6.54 Å². The first-order valence-corrected chi connectivity index (χ1v) is 12.7. The number of hydrogen-bond acceptors (Lipinski definition) is 5. The van der Waals surface area contributed by atoms with E-state index in [0.29, 0.717) is 13.2 Å². The quantitative estimate of drug-likeness (QED) is 0.335. The normalized spacial score (nSPS) is 12.8. The smallest absolute Gasteiger partial charge is 0.414 e. The zero-order chi connectivity index (χ0) is 26.7. The molecule has 0 spiro atoms. The molecule has 0 saturated carbocycles. The fourth-order valence-corrected chi connectivity index (χ4v) is 4.51. The number of anilines is 1. The van der Waals surface area contributed by atoms with Crippen LogP contribution in [-0.4, -0.2) is 30.8 Å². The van der Waals surface area contributed by atoms with E-state index in [-0.39, 0.29) is 18.5 Å². The van der Waals surface area contributed by atoms with E-state index in [0.717, 1.165) is 57.0 Å². The van der Waals surface area contributed by atoms with Crippen LogP contribution in [0.2, 0.25) is 0 Å². The summed E-state index contributed by atoms with van der Waals surface area (Å²) >= 11 is 0. The van der Waals surface area contributed by atoms with Crippen LogP contribution >= 0.6 is 0 Å². The van der Waals surface area contributed by atoms with Crippen LogP contribution in [0.4, 0.5) is 10.5 Å². The summed E-state index contributed by atoms with van der Waals surface area (Å²) in [4.78, 5) is 26.1. The monoisotopic (exact) mass is 501 g/mol. The highest BCUT2D eigenvalue weighted by atomic mass is 16.6. The fourth-order valence-electron chi connectivity index (χ4n) is 4.51. The number of benzene rings is 3. The van der Waals surface area contributed by atoms with Gasteiger partial charge in [0.15, 0.2) is 0 Å². The van der Waals surface area contributed by atoms with Gasteiger partial charge in [0.1, 0.15) is 17.1 Å². The van der Waals surface area contributed by atoms with Crippen LogP contribution in [0.1, 0.15) is 49.9 Å². The number of amides is 1. The molecular formula is C31H35NO5. The molecule has 0 aliphatic carbocycles. The Morgan fingerprint density at radius 2 is 1.59 bits per heavy atom. The maximum absolute atomic E-state index is 12.6. The first-order valence-electron chi connectivity index (χ1n) is 12.7. The van der Waals surface area contributed by atoms with E-state index in [9.17, 15) is 9.59 Å². The van der Waals surface area contributed by atoms with Crippen molar-refractivity contribution in [3.63, 3.8) is 0 Å². The summed E-state index contributed by atoms with van der Waals surface area (Å²) in [5.74, 6) is 1.35. The number of carbonyl (C=O) groups excluding carboxylic acids is 2. The third-order valence-electron chi connectivity index (χ3n) is 6.35. The van der Waals surface area contributed by atoms with Gasteiger partial charge >= 0.3 is 12.1 Å². The van der Waals surface area contributed by atoms with Gasteiger partial charge in [-0.15, -0.1) is 0 Å². The Kier molecular flexibility index (Phi) is 7.58. The van der Waals surface area contributed by atoms with Gasteiger partial charge in [0.25, 0.3) is 0 Å². The highest BCUT2D eigenvalue weighted by Gasteiger charge is 2.30. The molecule has 1 aliphatic heterocycles. The van der Waals surface area contributed by atoms with Gasteiger partial charge in [-0.25, -0.2) is 4.79 Å². The van der Waals surface area contributed by atoms with Crippen molar-refractivity contribution in [3.8, 4) is 22.6 Å². The number of fused-ring (bicyclic) bond motifs is 1. The summed E-state index contributed by atoms with van der Waals surface area (Å²) in [7, 11) is 0. The van der Waals surface area contributed by atoms with Crippen molar-refractivity contribution >= 4 is 17.7 Å². The Morgan fingerprint density at radius 3 is 2.24 bits per heavy atom. The lowest BCUT2D eigenvalue weighted by Gasteiger charge is -2.25. The summed E-state index contributed by atoms with van der Waals surface area (Å²) in [6.07, 6.45) is 0.719. The van der Waals surface area contributed by atoms with Crippen LogP contribution in [0.5, 0.6) is 11.5 Å². The lowest BCUT2D eigenvalue weighted by molar-refractivity contribution is -0.142. The first kappa shape index (κ1) is 26.3. The number of nitrogens with zero attached hydrogens (tertiary/aromatic N) is 1. The standard InChI is InChI=1S/C31H35NO5/c1-7-35-29(33)19-22-8-10-23(11-9-22)24-12-14-27(20(2)18-24)36-28-15-13-26-25(21(28)3)16-17-32(26)30(34)37-31(4,5)6/h8-15,18H,7,16-17,19H2,1-6H3. The highest BCUT2D eigenvalue weighted by Crippen LogP contribution is 2.39. The SMILES string of the molecule is CCOC(=O)Cc1ccc(-c2ccc(Oc3ccc4c(c3C)CCN4C(=O)OC(C)(C)C)c(C)c2)cc1. The number of rotatable bonds is 6. The summed E-state index contributed by atoms with van der Waals surface area (Å²) in [5, 5.41) is 0. The minimum absolute atomic E-state index is 0.216. The molecule has 0 aromatic heterocycles. The van der Waals surface area contributed by atoms with Crippen LogP contribution in [-0.2, 0) is 27.1 Å². The Bertz CT molecular complexity index is 1300. The van der Waals surface area contributed by atoms with Gasteiger partial charge in [-0.05, 0) is 106 Å². The van der Waals surface area contributed by atoms with Crippen LogP contribution in [0.25, 0.3) is 11.1 Å². The molecule has 0 saturated heterocycles. The first-order chi connectivity index (χ1) is 17.6. The molecule has 37 heavy (non-hydrogen) atoms. The minimum Gasteiger partial charge on any atom is -0.466 e. The number of hydrogen-bond donors (Lipinski definition) is 0. The van der Waals surface area contributed by atoms with Gasteiger partial charge in [-0.1, -0.05) is 30.3 Å². The van der Waals surface area contributed by atoms with Gasteiger partial charge in [0.05, 0.1) is 18.7 Å². The summed E-state index contributed by atoms with van der Waals surface area (Å²) in [5.41, 5.74) is 6.58. The molecule has 6 nitrogen and oxygen atoms in total. The Labute approximate surface area is 219 Å². The third kappa shape index (κ3) is 6.13. The zero-order valence-corrected chi connectivity index (χ0v) is 22.5. The maximum atomic E-state index is 12.6. The molecule has 0 atom stereocenters. The average molecular weight is 502 g/mol. The molecule has 0 N–H and O–H groups in total. The van der Waals surface area contributed by atoms with Gasteiger partial charge in [0.2, 0.25) is 0 Å². The van der Waals surface area contributed by atoms with E-state index in [2.05, 4.69) is 6.07 Å². The highest BCUT2D eigenvalue weighted by molar-refractivity contribution is 5.91. The summed E-state index contributed by atoms with van der Waals surface area (Å²) in [6.45, 7) is 12.5. The van der Waals surface area contributed by atoms with Crippen LogP contribution in [0.3, 0.4) is 0 Å². The predicted octanol–water partition coefficient (Wildman–Crippen LogP) is 7.17. The molecule has 1 heterocycles. The van der Waals surface area contributed by atoms with Crippen molar-refractivity contribution in [1.29, 1.82) is 0 Å². The molecule has 4 rings (SSSR count). The third-order valence-corrected chi connectivity index (χ3v) is 6.35. The summed E-state index contributed by atoms with van der Waals surface area (Å²) in [6, 6.07) is 17.9. The van der Waals surface area contributed by atoms with E-state index in [4.69, 9.17) is 14.2 Å². The lowest BCUT2D eigenvalue weighted by Crippen LogP contribution is -2.35. The molecule has 1 amide bonds. The topological polar surface area (TPSA) is 65.1 Å². The van der Waals surface area contributed by atoms with Crippen molar-refractivity contribution in [3.05, 3.63) is 76.9 Å². The van der Waals surface area contributed by atoms with E-state index in [1.165, 1.54) is 0 Å². The largest absolute Gasteiger partial charge is 0.466 e. The Morgan fingerprint density at radius 1 is 0.919 bits per heavy atom. The molecule has 0 fully saturated rings. The molecule has 0 unspecified atom stereocenters. The molecular weight excluding hydrogens is 466 g/mol. The van der Waals surface area contributed by atoms with Gasteiger partial charge < -0.3 is 14.2 Å². The van der Waals surface area contributed by atoms with Crippen molar-refractivity contribution in [2.45, 2.75) is 60.0 Å². The van der Waals surface area contributed by atoms with Crippen molar-refractivity contribution in [2.24, 2.45) is 0 Å². The van der Waals surface area contributed by atoms with E-state index in [1.807, 2.05) is 90.1 Å². The maximum Gasteiger partial charge on any atom is 0.414 e. The molecule has 194 valence electrons. The van der Waals surface area contributed by atoms with Crippen LogP contribution in [0.15, 0.2) is 54.6 Å². The second kappa shape index (κ2) is 10.7. The molecule has 0 bridgehead atoms.